The fraction of sp³-hybridized carbons (Fsp3) is 0.533. The molecular weight excluding hydrogens is 320 g/mol. The van der Waals surface area contributed by atoms with Crippen molar-refractivity contribution in [1.29, 1.82) is 0 Å². The van der Waals surface area contributed by atoms with Gasteiger partial charge in [0.25, 0.3) is 0 Å². The van der Waals surface area contributed by atoms with Gasteiger partial charge in [-0.15, -0.1) is 0 Å². The molecule has 2 amide bonds. The first kappa shape index (κ1) is 17.0. The third-order valence-corrected chi connectivity index (χ3v) is 3.14. The molecule has 0 aromatic heterocycles. The minimum absolute atomic E-state index is 0.121. The van der Waals surface area contributed by atoms with Gasteiger partial charge in [0.15, 0.2) is 0 Å². The normalized spacial score (nSPS) is 10.6. The molecule has 112 valence electrons. The van der Waals surface area contributed by atoms with E-state index in [-0.39, 0.29) is 12.1 Å². The highest BCUT2D eigenvalue weighted by atomic mass is 79.9. The van der Waals surface area contributed by atoms with Crippen molar-refractivity contribution in [2.45, 2.75) is 32.8 Å². The Kier molecular flexibility index (Phi) is 8.30. The second-order valence-corrected chi connectivity index (χ2v) is 5.75. The largest absolute Gasteiger partial charge is 0.379 e. The van der Waals surface area contributed by atoms with Gasteiger partial charge in [-0.1, -0.05) is 28.1 Å². The van der Waals surface area contributed by atoms with Crippen LogP contribution < -0.4 is 10.6 Å². The number of hydrogen-bond donors (Lipinski definition) is 2. The van der Waals surface area contributed by atoms with Crippen molar-refractivity contribution >= 4 is 22.0 Å². The molecule has 0 atom stereocenters. The van der Waals surface area contributed by atoms with Crippen LogP contribution in [0, 0.1) is 0 Å². The molecule has 0 saturated carbocycles. The topological polar surface area (TPSA) is 50.4 Å². The van der Waals surface area contributed by atoms with Gasteiger partial charge in [0.05, 0.1) is 6.10 Å². The average molecular weight is 343 g/mol. The molecule has 20 heavy (non-hydrogen) atoms. The zero-order valence-electron chi connectivity index (χ0n) is 12.1. The molecule has 0 aliphatic carbocycles. The summed E-state index contributed by atoms with van der Waals surface area (Å²) < 4.78 is 6.46. The molecule has 4 nitrogen and oxygen atoms in total. The fourth-order valence-corrected chi connectivity index (χ4v) is 2.12. The van der Waals surface area contributed by atoms with Crippen molar-refractivity contribution < 1.29 is 9.53 Å². The number of carbonyl (C=O) groups is 1. The Morgan fingerprint density at radius 3 is 2.75 bits per heavy atom. The fourth-order valence-electron chi connectivity index (χ4n) is 1.67. The number of ether oxygens (including phenoxy) is 1. The van der Waals surface area contributed by atoms with Crippen molar-refractivity contribution in [1.82, 2.24) is 10.6 Å². The molecule has 1 rings (SSSR count). The molecule has 0 aliphatic rings. The third-order valence-electron chi connectivity index (χ3n) is 2.65. The zero-order valence-corrected chi connectivity index (χ0v) is 13.7. The van der Waals surface area contributed by atoms with E-state index in [1.165, 1.54) is 5.56 Å². The lowest BCUT2D eigenvalue weighted by atomic mass is 10.1. The lowest BCUT2D eigenvalue weighted by molar-refractivity contribution is 0.0774. The van der Waals surface area contributed by atoms with E-state index in [1.54, 1.807) is 0 Å². The van der Waals surface area contributed by atoms with Crippen LogP contribution in [0.3, 0.4) is 0 Å². The first-order chi connectivity index (χ1) is 9.58. The van der Waals surface area contributed by atoms with E-state index < -0.39 is 0 Å². The lowest BCUT2D eigenvalue weighted by Gasteiger charge is -2.09. The van der Waals surface area contributed by atoms with Gasteiger partial charge in [0, 0.05) is 24.2 Å². The van der Waals surface area contributed by atoms with Gasteiger partial charge in [0.2, 0.25) is 0 Å². The predicted octanol–water partition coefficient (Wildman–Crippen LogP) is 3.11. The number of rotatable bonds is 8. The molecule has 0 aliphatic heterocycles. The van der Waals surface area contributed by atoms with Gasteiger partial charge in [-0.3, -0.25) is 0 Å². The van der Waals surface area contributed by atoms with Crippen LogP contribution in [0.15, 0.2) is 28.7 Å². The van der Waals surface area contributed by atoms with Crippen molar-refractivity contribution in [3.63, 3.8) is 0 Å². The summed E-state index contributed by atoms with van der Waals surface area (Å²) in [5.41, 5.74) is 1.20. The minimum Gasteiger partial charge on any atom is -0.379 e. The molecular formula is C15H23BrN2O2. The summed E-state index contributed by atoms with van der Waals surface area (Å²) >= 11 is 3.43. The van der Waals surface area contributed by atoms with Crippen LogP contribution in [0.25, 0.3) is 0 Å². The Labute approximate surface area is 129 Å². The van der Waals surface area contributed by atoms with E-state index in [9.17, 15) is 4.79 Å². The summed E-state index contributed by atoms with van der Waals surface area (Å²) in [7, 11) is 0. The Balaban J connectivity index is 2.05. The number of carbonyl (C=O) groups excluding carboxylic acids is 1. The van der Waals surface area contributed by atoms with E-state index in [2.05, 4.69) is 32.6 Å². The summed E-state index contributed by atoms with van der Waals surface area (Å²) in [4.78, 5) is 11.5. The number of nitrogens with one attached hydrogen (secondary N) is 2. The highest BCUT2D eigenvalue weighted by Gasteiger charge is 2.00. The maximum Gasteiger partial charge on any atom is 0.314 e. The molecule has 0 unspecified atom stereocenters. The van der Waals surface area contributed by atoms with E-state index in [0.29, 0.717) is 19.7 Å². The van der Waals surface area contributed by atoms with Crippen LogP contribution in [-0.2, 0) is 11.2 Å². The number of hydrogen-bond acceptors (Lipinski definition) is 2. The number of urea groups is 1. The summed E-state index contributed by atoms with van der Waals surface area (Å²) in [5, 5.41) is 5.66. The minimum atomic E-state index is -0.121. The van der Waals surface area contributed by atoms with Crippen LogP contribution in [0.2, 0.25) is 0 Å². The zero-order chi connectivity index (χ0) is 14.8. The SMILES string of the molecule is CC(C)OCCCNC(=O)NCCc1cccc(Br)c1. The van der Waals surface area contributed by atoms with Gasteiger partial charge in [0.1, 0.15) is 0 Å². The van der Waals surface area contributed by atoms with Crippen molar-refractivity contribution in [2.24, 2.45) is 0 Å². The summed E-state index contributed by atoms with van der Waals surface area (Å²) in [6, 6.07) is 7.97. The van der Waals surface area contributed by atoms with Gasteiger partial charge < -0.3 is 15.4 Å². The molecule has 0 spiro atoms. The maximum absolute atomic E-state index is 11.5. The van der Waals surface area contributed by atoms with Crippen LogP contribution in [-0.4, -0.2) is 31.8 Å². The summed E-state index contributed by atoms with van der Waals surface area (Å²) in [6.07, 6.45) is 1.90. The van der Waals surface area contributed by atoms with Gasteiger partial charge in [-0.25, -0.2) is 4.79 Å². The Bertz CT molecular complexity index is 411. The van der Waals surface area contributed by atoms with Gasteiger partial charge in [-0.2, -0.15) is 0 Å². The summed E-state index contributed by atoms with van der Waals surface area (Å²) in [5.74, 6) is 0. The van der Waals surface area contributed by atoms with Crippen LogP contribution in [0.1, 0.15) is 25.8 Å². The number of benzene rings is 1. The van der Waals surface area contributed by atoms with Gasteiger partial charge >= 0.3 is 6.03 Å². The van der Waals surface area contributed by atoms with E-state index in [0.717, 1.165) is 17.3 Å². The second-order valence-electron chi connectivity index (χ2n) is 4.84. The third kappa shape index (κ3) is 8.17. The van der Waals surface area contributed by atoms with Crippen LogP contribution in [0.5, 0.6) is 0 Å². The predicted molar refractivity (Wildman–Crippen MR) is 85.0 cm³/mol. The maximum atomic E-state index is 11.5. The average Bonchev–Trinajstić information content (AvgIpc) is 2.38. The first-order valence-electron chi connectivity index (χ1n) is 6.95. The van der Waals surface area contributed by atoms with Crippen molar-refractivity contribution in [3.8, 4) is 0 Å². The molecule has 5 heteroatoms. The van der Waals surface area contributed by atoms with Crippen LogP contribution >= 0.6 is 15.9 Å². The van der Waals surface area contributed by atoms with E-state index >= 15 is 0 Å². The monoisotopic (exact) mass is 342 g/mol. The quantitative estimate of drug-likeness (QED) is 0.713. The molecule has 1 aromatic carbocycles. The Hall–Kier alpha value is -1.07. The van der Waals surface area contributed by atoms with Gasteiger partial charge in [-0.05, 0) is 44.4 Å². The second kappa shape index (κ2) is 9.77. The smallest absolute Gasteiger partial charge is 0.314 e. The van der Waals surface area contributed by atoms with Crippen molar-refractivity contribution in [2.75, 3.05) is 19.7 Å². The Morgan fingerprint density at radius 2 is 2.05 bits per heavy atom. The number of amides is 2. The standard InChI is InChI=1S/C15H23BrN2O2/c1-12(2)20-10-4-8-17-15(19)18-9-7-13-5-3-6-14(16)11-13/h3,5-6,11-12H,4,7-10H2,1-2H3,(H2,17,18,19). The molecule has 0 radical (unpaired) electrons. The number of halogens is 1. The molecule has 1 aromatic rings. The molecule has 0 heterocycles. The molecule has 0 fully saturated rings. The van der Waals surface area contributed by atoms with Crippen LogP contribution in [0.4, 0.5) is 4.79 Å². The molecule has 0 bridgehead atoms. The van der Waals surface area contributed by atoms with E-state index in [1.807, 2.05) is 32.0 Å². The highest BCUT2D eigenvalue weighted by molar-refractivity contribution is 9.10. The first-order valence-corrected chi connectivity index (χ1v) is 7.75. The molecule has 2 N–H and O–H groups in total. The van der Waals surface area contributed by atoms with E-state index in [4.69, 9.17) is 4.74 Å². The highest BCUT2D eigenvalue weighted by Crippen LogP contribution is 2.11. The van der Waals surface area contributed by atoms with Crippen molar-refractivity contribution in [3.05, 3.63) is 34.3 Å². The summed E-state index contributed by atoms with van der Waals surface area (Å²) in [6.45, 7) is 5.94. The Morgan fingerprint density at radius 1 is 1.30 bits per heavy atom. The molecule has 0 saturated heterocycles. The lowest BCUT2D eigenvalue weighted by Crippen LogP contribution is -2.37.